The molecule has 0 aromatic heterocycles. The van der Waals surface area contributed by atoms with Gasteiger partial charge in [0.1, 0.15) is 0 Å². The molecule has 2 aliphatic rings. The van der Waals surface area contributed by atoms with Crippen molar-refractivity contribution < 1.29 is 8.42 Å². The Hall–Kier alpha value is -1.27. The van der Waals surface area contributed by atoms with Crippen LogP contribution in [-0.4, -0.2) is 59.2 Å². The first-order chi connectivity index (χ1) is 10.1. The van der Waals surface area contributed by atoms with Crippen molar-refractivity contribution >= 4 is 21.2 Å². The quantitative estimate of drug-likeness (QED) is 0.892. The second-order valence-corrected chi connectivity index (χ2v) is 8.18. The van der Waals surface area contributed by atoms with Gasteiger partial charge < -0.3 is 15.1 Å². The van der Waals surface area contributed by atoms with Gasteiger partial charge in [0.05, 0.1) is 22.9 Å². The molecule has 0 radical (unpaired) electrons. The van der Waals surface area contributed by atoms with Gasteiger partial charge in [-0.1, -0.05) is 12.1 Å². The molecule has 0 aliphatic carbocycles. The predicted molar refractivity (Wildman–Crippen MR) is 87.0 cm³/mol. The molecule has 1 fully saturated rings. The van der Waals surface area contributed by atoms with Crippen LogP contribution in [0.4, 0.5) is 11.4 Å². The molecule has 6 heteroatoms. The maximum Gasteiger partial charge on any atom is 0.153 e. The molecule has 1 aromatic rings. The summed E-state index contributed by atoms with van der Waals surface area (Å²) in [6.07, 6.45) is 0.872. The van der Waals surface area contributed by atoms with Crippen molar-refractivity contribution in [3.05, 3.63) is 24.3 Å². The van der Waals surface area contributed by atoms with Gasteiger partial charge in [-0.3, -0.25) is 0 Å². The van der Waals surface area contributed by atoms with E-state index in [2.05, 4.69) is 46.4 Å². The zero-order chi connectivity index (χ0) is 14.9. The lowest BCUT2D eigenvalue weighted by atomic mass is 10.1. The minimum absolute atomic E-state index is 0.0931. The van der Waals surface area contributed by atoms with E-state index in [9.17, 15) is 8.42 Å². The Balaban J connectivity index is 1.65. The van der Waals surface area contributed by atoms with Crippen LogP contribution in [0.1, 0.15) is 6.42 Å². The standard InChI is InChI=1S/C15H23N3O2S/c1-17-9-10-18(15-5-3-2-4-14(15)17)8-6-13-12-21(19,20)11-7-16-13/h2-5,13,16H,6-12H2,1H3. The molecule has 1 atom stereocenters. The number of para-hydroxylation sites is 2. The lowest BCUT2D eigenvalue weighted by molar-refractivity contribution is 0.491. The highest BCUT2D eigenvalue weighted by Gasteiger charge is 2.26. The molecule has 0 spiro atoms. The number of sulfone groups is 1. The van der Waals surface area contributed by atoms with Crippen LogP contribution in [0.15, 0.2) is 24.3 Å². The minimum atomic E-state index is -2.84. The van der Waals surface area contributed by atoms with Gasteiger partial charge in [0.2, 0.25) is 0 Å². The van der Waals surface area contributed by atoms with E-state index in [1.54, 1.807) is 0 Å². The van der Waals surface area contributed by atoms with Crippen molar-refractivity contribution in [1.82, 2.24) is 5.32 Å². The number of likely N-dealkylation sites (N-methyl/N-ethyl adjacent to an activating group) is 1. The Kier molecular flexibility index (Phi) is 4.08. The molecule has 0 bridgehead atoms. The first kappa shape index (κ1) is 14.7. The molecule has 3 rings (SSSR count). The van der Waals surface area contributed by atoms with Crippen molar-refractivity contribution in [3.8, 4) is 0 Å². The van der Waals surface area contributed by atoms with E-state index in [0.29, 0.717) is 6.54 Å². The molecule has 0 saturated carbocycles. The summed E-state index contributed by atoms with van der Waals surface area (Å²) >= 11 is 0. The number of anilines is 2. The van der Waals surface area contributed by atoms with Gasteiger partial charge in [0.25, 0.3) is 0 Å². The topological polar surface area (TPSA) is 52.7 Å². The molecule has 2 aliphatic heterocycles. The van der Waals surface area contributed by atoms with E-state index in [1.807, 2.05) is 0 Å². The lowest BCUT2D eigenvalue weighted by Crippen LogP contribution is -2.47. The summed E-state index contributed by atoms with van der Waals surface area (Å²) in [6.45, 7) is 3.49. The summed E-state index contributed by atoms with van der Waals surface area (Å²) in [4.78, 5) is 4.65. The van der Waals surface area contributed by atoms with Crippen LogP contribution in [-0.2, 0) is 9.84 Å². The maximum atomic E-state index is 11.7. The van der Waals surface area contributed by atoms with E-state index in [-0.39, 0.29) is 17.5 Å². The molecule has 2 heterocycles. The summed E-state index contributed by atoms with van der Waals surface area (Å²) in [5.74, 6) is 0.559. The van der Waals surface area contributed by atoms with Gasteiger partial charge in [-0.2, -0.15) is 0 Å². The number of hydrogen-bond donors (Lipinski definition) is 1. The van der Waals surface area contributed by atoms with Crippen LogP contribution in [0, 0.1) is 0 Å². The molecular formula is C15H23N3O2S. The first-order valence-corrected chi connectivity index (χ1v) is 9.36. The van der Waals surface area contributed by atoms with Crippen LogP contribution in [0.2, 0.25) is 0 Å². The first-order valence-electron chi connectivity index (χ1n) is 7.54. The monoisotopic (exact) mass is 309 g/mol. The maximum absolute atomic E-state index is 11.7. The summed E-state index contributed by atoms with van der Waals surface area (Å²) in [5, 5.41) is 3.33. The largest absolute Gasteiger partial charge is 0.371 e. The SMILES string of the molecule is CN1CCN(CCC2CS(=O)(=O)CCN2)c2ccccc21. The third-order valence-electron chi connectivity index (χ3n) is 4.39. The Bertz CT molecular complexity index is 603. The smallest absolute Gasteiger partial charge is 0.153 e. The molecule has 116 valence electrons. The van der Waals surface area contributed by atoms with Gasteiger partial charge in [0.15, 0.2) is 9.84 Å². The number of nitrogens with one attached hydrogen (secondary N) is 1. The Morgan fingerprint density at radius 3 is 2.76 bits per heavy atom. The molecule has 0 amide bonds. The van der Waals surface area contributed by atoms with E-state index in [4.69, 9.17) is 0 Å². The Labute approximate surface area is 126 Å². The van der Waals surface area contributed by atoms with Crippen molar-refractivity contribution in [2.24, 2.45) is 0 Å². The van der Waals surface area contributed by atoms with Crippen LogP contribution in [0.5, 0.6) is 0 Å². The van der Waals surface area contributed by atoms with Crippen LogP contribution >= 0.6 is 0 Å². The van der Waals surface area contributed by atoms with Crippen LogP contribution in [0.3, 0.4) is 0 Å². The molecular weight excluding hydrogens is 286 g/mol. The second-order valence-electron chi connectivity index (χ2n) is 5.95. The normalized spacial score (nSPS) is 24.7. The molecule has 1 N–H and O–H groups in total. The summed E-state index contributed by atoms with van der Waals surface area (Å²) in [6, 6.07) is 8.51. The van der Waals surface area contributed by atoms with Crippen LogP contribution in [0.25, 0.3) is 0 Å². The molecule has 21 heavy (non-hydrogen) atoms. The van der Waals surface area contributed by atoms with Crippen molar-refractivity contribution in [3.63, 3.8) is 0 Å². The summed E-state index contributed by atoms with van der Waals surface area (Å²) < 4.78 is 23.4. The highest BCUT2D eigenvalue weighted by atomic mass is 32.2. The third-order valence-corrected chi connectivity index (χ3v) is 6.12. The molecule has 1 saturated heterocycles. The fourth-order valence-corrected chi connectivity index (χ4v) is 4.66. The number of rotatable bonds is 3. The number of fused-ring (bicyclic) bond motifs is 1. The van der Waals surface area contributed by atoms with Crippen LogP contribution < -0.4 is 15.1 Å². The second kappa shape index (κ2) is 5.85. The fraction of sp³-hybridized carbons (Fsp3) is 0.600. The minimum Gasteiger partial charge on any atom is -0.371 e. The average molecular weight is 309 g/mol. The van der Waals surface area contributed by atoms with E-state index >= 15 is 0 Å². The van der Waals surface area contributed by atoms with Crippen molar-refractivity contribution in [1.29, 1.82) is 0 Å². The number of nitrogens with zero attached hydrogens (tertiary/aromatic N) is 2. The van der Waals surface area contributed by atoms with Gasteiger partial charge in [-0.15, -0.1) is 0 Å². The average Bonchev–Trinajstić information content (AvgIpc) is 2.46. The zero-order valence-corrected chi connectivity index (χ0v) is 13.3. The highest BCUT2D eigenvalue weighted by molar-refractivity contribution is 7.91. The van der Waals surface area contributed by atoms with E-state index < -0.39 is 9.84 Å². The summed E-state index contributed by atoms with van der Waals surface area (Å²) in [5.41, 5.74) is 2.51. The molecule has 1 aromatic carbocycles. The molecule has 1 unspecified atom stereocenters. The van der Waals surface area contributed by atoms with Crippen molar-refractivity contribution in [2.45, 2.75) is 12.5 Å². The number of benzene rings is 1. The van der Waals surface area contributed by atoms with Gasteiger partial charge in [-0.25, -0.2) is 8.42 Å². The van der Waals surface area contributed by atoms with E-state index in [1.165, 1.54) is 11.4 Å². The van der Waals surface area contributed by atoms with Crippen molar-refractivity contribution in [2.75, 3.05) is 54.5 Å². The lowest BCUT2D eigenvalue weighted by Gasteiger charge is -2.38. The zero-order valence-electron chi connectivity index (χ0n) is 12.5. The van der Waals surface area contributed by atoms with Gasteiger partial charge in [0, 0.05) is 39.3 Å². The fourth-order valence-electron chi connectivity index (χ4n) is 3.16. The summed E-state index contributed by atoms with van der Waals surface area (Å²) in [7, 11) is -0.727. The predicted octanol–water partition coefficient (Wildman–Crippen LogP) is 0.720. The van der Waals surface area contributed by atoms with Gasteiger partial charge >= 0.3 is 0 Å². The highest BCUT2D eigenvalue weighted by Crippen LogP contribution is 2.31. The molecule has 5 nitrogen and oxygen atoms in total. The van der Waals surface area contributed by atoms with E-state index in [0.717, 1.165) is 26.1 Å². The van der Waals surface area contributed by atoms with Gasteiger partial charge in [-0.05, 0) is 18.6 Å². The Morgan fingerprint density at radius 2 is 2.00 bits per heavy atom. The Morgan fingerprint density at radius 1 is 1.24 bits per heavy atom. The number of hydrogen-bond acceptors (Lipinski definition) is 5. The third kappa shape index (κ3) is 3.32.